The standard InChI is InChI=1S/C26H34N4O4/c27-15-21-9-3-5-11-25(21)33-19-23(31)17-29-13-7-1-2-8-14-30-18-24(32)20-34-26-12-6-4-10-22(26)16-28/h3-6,9-12,23-24,29-32H,1-2,7-8,13-14,17-20H2. The maximum atomic E-state index is 10.0. The maximum Gasteiger partial charge on any atom is 0.137 e. The average Bonchev–Trinajstić information content (AvgIpc) is 2.87. The Hall–Kier alpha value is -3.14. The molecule has 2 rings (SSSR count). The molecule has 0 spiro atoms. The summed E-state index contributed by atoms with van der Waals surface area (Å²) in [5.74, 6) is 0.976. The molecular formula is C26H34N4O4. The number of rotatable bonds is 17. The van der Waals surface area contributed by atoms with Crippen LogP contribution in [-0.4, -0.2) is 61.8 Å². The minimum Gasteiger partial charge on any atom is -0.489 e. The average molecular weight is 467 g/mol. The summed E-state index contributed by atoms with van der Waals surface area (Å²) in [6.45, 7) is 2.79. The van der Waals surface area contributed by atoms with Crippen LogP contribution in [0.5, 0.6) is 11.5 Å². The monoisotopic (exact) mass is 466 g/mol. The number of nitrogens with one attached hydrogen (secondary N) is 2. The summed E-state index contributed by atoms with van der Waals surface area (Å²) in [7, 11) is 0. The van der Waals surface area contributed by atoms with E-state index in [0.717, 1.165) is 38.8 Å². The van der Waals surface area contributed by atoms with Crippen LogP contribution >= 0.6 is 0 Å². The molecule has 2 aromatic rings. The quantitative estimate of drug-likeness (QED) is 0.261. The lowest BCUT2D eigenvalue weighted by molar-refractivity contribution is 0.106. The third-order valence-corrected chi connectivity index (χ3v) is 5.09. The number of para-hydroxylation sites is 2. The van der Waals surface area contributed by atoms with Gasteiger partial charge in [0.15, 0.2) is 0 Å². The molecule has 0 aliphatic carbocycles. The first-order chi connectivity index (χ1) is 16.6. The molecular weight excluding hydrogens is 432 g/mol. The Morgan fingerprint density at radius 1 is 0.676 bits per heavy atom. The number of aliphatic hydroxyl groups excluding tert-OH is 2. The van der Waals surface area contributed by atoms with Crippen LogP contribution < -0.4 is 20.1 Å². The van der Waals surface area contributed by atoms with Gasteiger partial charge in [0, 0.05) is 13.1 Å². The number of ether oxygens (including phenoxy) is 2. The fourth-order valence-electron chi connectivity index (χ4n) is 3.25. The van der Waals surface area contributed by atoms with Gasteiger partial charge in [-0.25, -0.2) is 0 Å². The number of benzene rings is 2. The molecule has 2 atom stereocenters. The van der Waals surface area contributed by atoms with Crippen LogP contribution in [0.3, 0.4) is 0 Å². The predicted octanol–water partition coefficient (Wildman–Crippen LogP) is 2.35. The van der Waals surface area contributed by atoms with E-state index in [2.05, 4.69) is 22.8 Å². The topological polar surface area (TPSA) is 131 Å². The van der Waals surface area contributed by atoms with E-state index >= 15 is 0 Å². The molecule has 0 amide bonds. The highest BCUT2D eigenvalue weighted by molar-refractivity contribution is 5.43. The van der Waals surface area contributed by atoms with Gasteiger partial charge in [-0.3, -0.25) is 0 Å². The van der Waals surface area contributed by atoms with Gasteiger partial charge in [-0.2, -0.15) is 10.5 Å². The van der Waals surface area contributed by atoms with Gasteiger partial charge in [-0.15, -0.1) is 0 Å². The zero-order valence-corrected chi connectivity index (χ0v) is 19.4. The van der Waals surface area contributed by atoms with Gasteiger partial charge in [0.2, 0.25) is 0 Å². The molecule has 0 fully saturated rings. The van der Waals surface area contributed by atoms with Crippen LogP contribution in [0.4, 0.5) is 0 Å². The second kappa shape index (κ2) is 16.5. The molecule has 0 saturated heterocycles. The molecule has 8 nitrogen and oxygen atoms in total. The van der Waals surface area contributed by atoms with Crippen LogP contribution in [0.15, 0.2) is 48.5 Å². The van der Waals surface area contributed by atoms with Crippen molar-refractivity contribution < 1.29 is 19.7 Å². The summed E-state index contributed by atoms with van der Waals surface area (Å²) in [6.07, 6.45) is 2.90. The van der Waals surface area contributed by atoms with Gasteiger partial charge in [0.1, 0.15) is 49.1 Å². The first-order valence-electron chi connectivity index (χ1n) is 11.7. The van der Waals surface area contributed by atoms with Crippen molar-refractivity contribution in [3.63, 3.8) is 0 Å². The van der Waals surface area contributed by atoms with Gasteiger partial charge >= 0.3 is 0 Å². The summed E-state index contributed by atoms with van der Waals surface area (Å²) >= 11 is 0. The van der Waals surface area contributed by atoms with Gasteiger partial charge in [0.25, 0.3) is 0 Å². The second-order valence-electron chi connectivity index (χ2n) is 7.97. The Bertz CT molecular complexity index is 850. The molecule has 0 bridgehead atoms. The van der Waals surface area contributed by atoms with Crippen LogP contribution in [0, 0.1) is 22.7 Å². The minimum atomic E-state index is -0.639. The molecule has 8 heteroatoms. The Morgan fingerprint density at radius 2 is 1.09 bits per heavy atom. The van der Waals surface area contributed by atoms with Crippen molar-refractivity contribution in [2.45, 2.75) is 37.9 Å². The smallest absolute Gasteiger partial charge is 0.137 e. The van der Waals surface area contributed by atoms with Gasteiger partial charge in [-0.05, 0) is 50.2 Å². The van der Waals surface area contributed by atoms with Crippen LogP contribution in [0.25, 0.3) is 0 Å². The predicted molar refractivity (Wildman–Crippen MR) is 130 cm³/mol. The second-order valence-corrected chi connectivity index (χ2v) is 7.97. The largest absolute Gasteiger partial charge is 0.489 e. The van der Waals surface area contributed by atoms with E-state index in [-0.39, 0.29) is 13.2 Å². The molecule has 0 aromatic heterocycles. The summed E-state index contributed by atoms with van der Waals surface area (Å²) in [5, 5.41) is 44.6. The first kappa shape index (κ1) is 27.1. The van der Waals surface area contributed by atoms with E-state index in [4.69, 9.17) is 20.0 Å². The summed E-state index contributed by atoms with van der Waals surface area (Å²) in [6, 6.07) is 18.1. The fourth-order valence-corrected chi connectivity index (χ4v) is 3.25. The van der Waals surface area contributed by atoms with Crippen molar-refractivity contribution in [1.82, 2.24) is 10.6 Å². The maximum absolute atomic E-state index is 10.0. The molecule has 2 unspecified atom stereocenters. The zero-order valence-electron chi connectivity index (χ0n) is 19.4. The molecule has 0 radical (unpaired) electrons. The molecule has 0 aliphatic rings. The van der Waals surface area contributed by atoms with Crippen molar-refractivity contribution in [3.05, 3.63) is 59.7 Å². The molecule has 34 heavy (non-hydrogen) atoms. The van der Waals surface area contributed by atoms with Crippen LogP contribution in [0.2, 0.25) is 0 Å². The Labute approximate surface area is 201 Å². The number of nitriles is 2. The highest BCUT2D eigenvalue weighted by Gasteiger charge is 2.08. The third-order valence-electron chi connectivity index (χ3n) is 5.09. The van der Waals surface area contributed by atoms with E-state index in [9.17, 15) is 10.2 Å². The Morgan fingerprint density at radius 3 is 1.50 bits per heavy atom. The third kappa shape index (κ3) is 10.7. The van der Waals surface area contributed by atoms with E-state index in [1.807, 2.05) is 0 Å². The van der Waals surface area contributed by atoms with Crippen LogP contribution in [-0.2, 0) is 0 Å². The molecule has 0 heterocycles. The van der Waals surface area contributed by atoms with Crippen molar-refractivity contribution in [3.8, 4) is 23.6 Å². The molecule has 4 N–H and O–H groups in total. The summed E-state index contributed by atoms with van der Waals surface area (Å²) in [4.78, 5) is 0. The first-order valence-corrected chi connectivity index (χ1v) is 11.7. The van der Waals surface area contributed by atoms with Gasteiger partial charge in [0.05, 0.1) is 11.1 Å². The number of aliphatic hydroxyl groups is 2. The fraction of sp³-hybridized carbons (Fsp3) is 0.462. The molecule has 2 aromatic carbocycles. The molecule has 0 saturated carbocycles. The summed E-state index contributed by atoms with van der Waals surface area (Å²) < 4.78 is 11.1. The lowest BCUT2D eigenvalue weighted by atomic mass is 10.2. The number of nitrogens with zero attached hydrogens (tertiary/aromatic N) is 2. The van der Waals surface area contributed by atoms with E-state index < -0.39 is 12.2 Å². The lowest BCUT2D eigenvalue weighted by Gasteiger charge is -2.14. The SMILES string of the molecule is N#Cc1ccccc1OCC(O)CNCCCCCCNCC(O)COc1ccccc1C#N. The highest BCUT2D eigenvalue weighted by atomic mass is 16.5. The number of hydrogen-bond donors (Lipinski definition) is 4. The number of unbranched alkanes of at least 4 members (excludes halogenated alkanes) is 3. The van der Waals surface area contributed by atoms with Crippen molar-refractivity contribution in [2.24, 2.45) is 0 Å². The lowest BCUT2D eigenvalue weighted by Crippen LogP contribution is -2.32. The number of hydrogen-bond acceptors (Lipinski definition) is 8. The Kier molecular flexibility index (Phi) is 13.1. The highest BCUT2D eigenvalue weighted by Crippen LogP contribution is 2.17. The normalized spacial score (nSPS) is 12.4. The summed E-state index contributed by atoms with van der Waals surface area (Å²) in [5.41, 5.74) is 0.919. The minimum absolute atomic E-state index is 0.138. The molecule has 182 valence electrons. The van der Waals surface area contributed by atoms with Crippen molar-refractivity contribution in [2.75, 3.05) is 39.4 Å². The zero-order chi connectivity index (χ0) is 24.4. The van der Waals surface area contributed by atoms with E-state index in [1.165, 1.54) is 0 Å². The molecule has 0 aliphatic heterocycles. The van der Waals surface area contributed by atoms with Gasteiger partial charge < -0.3 is 30.3 Å². The van der Waals surface area contributed by atoms with Gasteiger partial charge in [-0.1, -0.05) is 37.1 Å². The Balaban J connectivity index is 1.41. The van der Waals surface area contributed by atoms with Crippen LogP contribution in [0.1, 0.15) is 36.8 Å². The van der Waals surface area contributed by atoms with E-state index in [0.29, 0.717) is 35.7 Å². The van der Waals surface area contributed by atoms with E-state index in [1.54, 1.807) is 48.5 Å². The van der Waals surface area contributed by atoms with Crippen molar-refractivity contribution >= 4 is 0 Å². The van der Waals surface area contributed by atoms with Crippen molar-refractivity contribution in [1.29, 1.82) is 10.5 Å².